The smallest absolute Gasteiger partial charge is 0.417 e. The summed E-state index contributed by atoms with van der Waals surface area (Å²) in [6.07, 6.45) is -4.76. The topological polar surface area (TPSA) is 60.0 Å². The van der Waals surface area contributed by atoms with E-state index < -0.39 is 48.4 Å². The Balaban J connectivity index is 1.52. The molecule has 2 heterocycles. The lowest BCUT2D eigenvalue weighted by Gasteiger charge is -2.12. The van der Waals surface area contributed by atoms with Gasteiger partial charge in [-0.15, -0.1) is 0 Å². The molecule has 0 amide bonds. The molecular weight excluding hydrogens is 471 g/mol. The van der Waals surface area contributed by atoms with Crippen LogP contribution in [0.1, 0.15) is 42.3 Å². The van der Waals surface area contributed by atoms with E-state index in [1.807, 2.05) is 0 Å². The number of halogens is 7. The average molecular weight is 489 g/mol. The first kappa shape index (κ1) is 23.8. The molecule has 1 N–H and O–H groups in total. The summed E-state index contributed by atoms with van der Waals surface area (Å²) in [6.45, 7) is -0.469. The van der Waals surface area contributed by atoms with E-state index in [0.717, 1.165) is 0 Å². The summed E-state index contributed by atoms with van der Waals surface area (Å²) in [5.74, 6) is -5.00. The molecule has 0 radical (unpaired) electrons. The Morgan fingerprint density at radius 1 is 1.18 bits per heavy atom. The Hall–Kier alpha value is -3.31. The standard InChI is InChI=1S/C22H18F7N3O2/c1-33-17-7-13(34-10-16-15(23)6-12(9-30-16)22(27,28)29)2-3-14(17)18-19(24)32-20(31-18)11-4-5-21(25,26)8-11/h2-3,6-7,9,11H,4-5,8,10H2,1H3,(H,31,32). The summed E-state index contributed by atoms with van der Waals surface area (Å²) in [5.41, 5.74) is -1.46. The van der Waals surface area contributed by atoms with Gasteiger partial charge in [0.25, 0.3) is 0 Å². The molecule has 5 nitrogen and oxygen atoms in total. The molecule has 0 bridgehead atoms. The Morgan fingerprint density at radius 2 is 1.94 bits per heavy atom. The first-order chi connectivity index (χ1) is 16.0. The molecule has 1 aromatic carbocycles. The van der Waals surface area contributed by atoms with Crippen molar-refractivity contribution in [3.05, 3.63) is 59.3 Å². The van der Waals surface area contributed by atoms with Crippen molar-refractivity contribution in [2.24, 2.45) is 0 Å². The van der Waals surface area contributed by atoms with Crippen molar-refractivity contribution in [1.29, 1.82) is 0 Å². The number of nitrogens with zero attached hydrogens (tertiary/aromatic N) is 2. The van der Waals surface area contributed by atoms with Crippen molar-refractivity contribution in [3.63, 3.8) is 0 Å². The van der Waals surface area contributed by atoms with E-state index in [9.17, 15) is 30.7 Å². The molecule has 3 aromatic rings. The summed E-state index contributed by atoms with van der Waals surface area (Å²) in [6, 6.07) is 4.50. The van der Waals surface area contributed by atoms with E-state index >= 15 is 0 Å². The zero-order valence-corrected chi connectivity index (χ0v) is 17.6. The van der Waals surface area contributed by atoms with Crippen LogP contribution >= 0.6 is 0 Å². The van der Waals surface area contributed by atoms with Crippen LogP contribution in [0.4, 0.5) is 30.7 Å². The van der Waals surface area contributed by atoms with Crippen molar-refractivity contribution >= 4 is 0 Å². The number of ether oxygens (including phenoxy) is 2. The highest BCUT2D eigenvalue weighted by molar-refractivity contribution is 5.68. The van der Waals surface area contributed by atoms with E-state index in [2.05, 4.69) is 15.0 Å². The second kappa shape index (κ2) is 8.80. The minimum absolute atomic E-state index is 0.121. The first-order valence-corrected chi connectivity index (χ1v) is 10.1. The van der Waals surface area contributed by atoms with Gasteiger partial charge in [-0.3, -0.25) is 4.98 Å². The number of rotatable bonds is 6. The van der Waals surface area contributed by atoms with Gasteiger partial charge in [-0.2, -0.15) is 17.6 Å². The van der Waals surface area contributed by atoms with Crippen LogP contribution in [0, 0.1) is 11.8 Å². The van der Waals surface area contributed by atoms with Crippen LogP contribution in [0.2, 0.25) is 0 Å². The molecule has 34 heavy (non-hydrogen) atoms. The van der Waals surface area contributed by atoms with Gasteiger partial charge in [-0.25, -0.2) is 18.2 Å². The van der Waals surface area contributed by atoms with Crippen LogP contribution in [0.3, 0.4) is 0 Å². The van der Waals surface area contributed by atoms with E-state index in [1.54, 1.807) is 0 Å². The third kappa shape index (κ3) is 4.95. The van der Waals surface area contributed by atoms with Crippen molar-refractivity contribution in [2.45, 2.75) is 43.9 Å². The van der Waals surface area contributed by atoms with Crippen molar-refractivity contribution < 1.29 is 40.2 Å². The minimum Gasteiger partial charge on any atom is -0.496 e. The Kier molecular flexibility index (Phi) is 6.17. The summed E-state index contributed by atoms with van der Waals surface area (Å²) >= 11 is 0. The summed E-state index contributed by atoms with van der Waals surface area (Å²) < 4.78 is 104. The van der Waals surface area contributed by atoms with Gasteiger partial charge in [-0.05, 0) is 24.6 Å². The quantitative estimate of drug-likeness (QED) is 0.416. The van der Waals surface area contributed by atoms with Crippen LogP contribution in [0.15, 0.2) is 30.5 Å². The minimum atomic E-state index is -4.73. The number of aromatic nitrogens is 3. The SMILES string of the molecule is COc1cc(OCc2ncc(C(F)(F)F)cc2F)ccc1-c1nc(C2CCC(F)(F)C2)[nH]c1F. The predicted molar refractivity (Wildman–Crippen MR) is 106 cm³/mol. The van der Waals surface area contributed by atoms with Gasteiger partial charge in [0.1, 0.15) is 41.1 Å². The van der Waals surface area contributed by atoms with Gasteiger partial charge in [0.2, 0.25) is 11.9 Å². The van der Waals surface area contributed by atoms with Crippen LogP contribution < -0.4 is 9.47 Å². The second-order valence-corrected chi connectivity index (χ2v) is 7.88. The molecule has 0 aliphatic heterocycles. The molecule has 4 rings (SSSR count). The molecule has 0 saturated heterocycles. The molecule has 1 aliphatic rings. The molecular formula is C22H18F7N3O2. The summed E-state index contributed by atoms with van der Waals surface area (Å²) in [7, 11) is 1.31. The second-order valence-electron chi connectivity index (χ2n) is 7.88. The third-order valence-corrected chi connectivity index (χ3v) is 5.52. The maximum Gasteiger partial charge on any atom is 0.417 e. The van der Waals surface area contributed by atoms with Gasteiger partial charge in [-0.1, -0.05) is 0 Å². The molecule has 0 spiro atoms. The lowest BCUT2D eigenvalue weighted by Crippen LogP contribution is -2.09. The average Bonchev–Trinajstić information content (AvgIpc) is 3.33. The number of benzene rings is 1. The number of methoxy groups -OCH3 is 1. The largest absolute Gasteiger partial charge is 0.496 e. The number of hydrogen-bond acceptors (Lipinski definition) is 4. The van der Waals surface area contributed by atoms with Gasteiger partial charge >= 0.3 is 6.18 Å². The normalized spacial score (nSPS) is 17.7. The Morgan fingerprint density at radius 3 is 2.56 bits per heavy atom. The highest BCUT2D eigenvalue weighted by Crippen LogP contribution is 2.44. The highest BCUT2D eigenvalue weighted by Gasteiger charge is 2.41. The fourth-order valence-corrected chi connectivity index (χ4v) is 3.76. The van der Waals surface area contributed by atoms with Crippen LogP contribution in [-0.2, 0) is 12.8 Å². The Bertz CT molecular complexity index is 1190. The number of H-pyrrole nitrogens is 1. The first-order valence-electron chi connectivity index (χ1n) is 10.1. The fourth-order valence-electron chi connectivity index (χ4n) is 3.76. The van der Waals surface area contributed by atoms with Crippen molar-refractivity contribution in [2.75, 3.05) is 7.11 Å². The lowest BCUT2D eigenvalue weighted by molar-refractivity contribution is -0.138. The van der Waals surface area contributed by atoms with E-state index in [-0.39, 0.29) is 47.1 Å². The summed E-state index contributed by atoms with van der Waals surface area (Å²) in [4.78, 5) is 10.1. The maximum absolute atomic E-state index is 14.6. The number of pyridine rings is 1. The van der Waals surface area contributed by atoms with Gasteiger partial charge < -0.3 is 14.5 Å². The van der Waals surface area contributed by atoms with Gasteiger partial charge in [0.15, 0.2) is 0 Å². The maximum atomic E-state index is 14.6. The Labute approximate surface area is 188 Å². The molecule has 12 heteroatoms. The predicted octanol–water partition coefficient (Wildman–Crippen LogP) is 6.26. The molecule has 1 unspecified atom stereocenters. The van der Waals surface area contributed by atoms with Gasteiger partial charge in [0.05, 0.1) is 12.7 Å². The molecule has 1 saturated carbocycles. The number of hydrogen-bond donors (Lipinski definition) is 1. The number of aromatic amines is 1. The van der Waals surface area contributed by atoms with Crippen LogP contribution in [0.5, 0.6) is 11.5 Å². The zero-order chi connectivity index (χ0) is 24.7. The number of alkyl halides is 5. The molecule has 1 fully saturated rings. The summed E-state index contributed by atoms with van der Waals surface area (Å²) in [5, 5.41) is 0. The van der Waals surface area contributed by atoms with Crippen LogP contribution in [-0.4, -0.2) is 28.0 Å². The van der Waals surface area contributed by atoms with E-state index in [4.69, 9.17) is 9.47 Å². The molecule has 182 valence electrons. The van der Waals surface area contributed by atoms with E-state index in [1.165, 1.54) is 25.3 Å². The highest BCUT2D eigenvalue weighted by atomic mass is 19.4. The monoisotopic (exact) mass is 489 g/mol. The number of imidazole rings is 1. The molecule has 2 aromatic heterocycles. The number of nitrogens with one attached hydrogen (secondary N) is 1. The van der Waals surface area contributed by atoms with Crippen LogP contribution in [0.25, 0.3) is 11.3 Å². The van der Waals surface area contributed by atoms with Crippen molar-refractivity contribution in [3.8, 4) is 22.8 Å². The van der Waals surface area contributed by atoms with E-state index in [0.29, 0.717) is 12.3 Å². The van der Waals surface area contributed by atoms with Gasteiger partial charge in [0, 0.05) is 36.6 Å². The molecule has 1 aliphatic carbocycles. The lowest BCUT2D eigenvalue weighted by atomic mass is 10.1. The fraction of sp³-hybridized carbons (Fsp3) is 0.364. The van der Waals surface area contributed by atoms with Crippen molar-refractivity contribution in [1.82, 2.24) is 15.0 Å². The molecule has 1 atom stereocenters. The third-order valence-electron chi connectivity index (χ3n) is 5.52. The zero-order valence-electron chi connectivity index (χ0n) is 17.6.